The smallest absolute Gasteiger partial charge is 0.125 e. The van der Waals surface area contributed by atoms with Crippen LogP contribution in [0.25, 0.3) is 10.9 Å². The van der Waals surface area contributed by atoms with Gasteiger partial charge in [-0.1, -0.05) is 34.1 Å². The first-order valence-electron chi connectivity index (χ1n) is 6.10. The summed E-state index contributed by atoms with van der Waals surface area (Å²) < 4.78 is 0.832. The maximum absolute atomic E-state index is 9.85. The molecular weight excluding hydrogens is 316 g/mol. The number of rotatable bonds is 2. The third-order valence-corrected chi connectivity index (χ3v) is 3.44. The number of phenols is 1. The topological polar surface area (TPSA) is 45.5 Å². The van der Waals surface area contributed by atoms with Crippen molar-refractivity contribution < 1.29 is 5.11 Å². The van der Waals surface area contributed by atoms with Crippen LogP contribution >= 0.6 is 15.9 Å². The van der Waals surface area contributed by atoms with Crippen LogP contribution in [0.15, 0.2) is 64.2 Å². The molecule has 3 aromatic rings. The summed E-state index contributed by atoms with van der Waals surface area (Å²) in [4.78, 5) is 8.78. The van der Waals surface area contributed by atoms with Crippen LogP contribution in [-0.2, 0) is 0 Å². The van der Waals surface area contributed by atoms with E-state index in [9.17, 15) is 5.11 Å². The van der Waals surface area contributed by atoms with Gasteiger partial charge < -0.3 is 5.11 Å². The molecule has 0 aliphatic heterocycles. The van der Waals surface area contributed by atoms with Crippen molar-refractivity contribution in [3.63, 3.8) is 0 Å². The van der Waals surface area contributed by atoms with Gasteiger partial charge >= 0.3 is 0 Å². The van der Waals surface area contributed by atoms with Crippen molar-refractivity contribution >= 4 is 38.7 Å². The molecule has 1 heterocycles. The summed E-state index contributed by atoms with van der Waals surface area (Å²) in [5.41, 5.74) is 2.30. The first-order valence-corrected chi connectivity index (χ1v) is 6.90. The van der Waals surface area contributed by atoms with Crippen molar-refractivity contribution in [3.8, 4) is 5.75 Å². The van der Waals surface area contributed by atoms with Gasteiger partial charge in [0.15, 0.2) is 0 Å². The second-order valence-electron chi connectivity index (χ2n) is 4.31. The Kier molecular flexibility index (Phi) is 3.48. The molecule has 0 aliphatic carbocycles. The van der Waals surface area contributed by atoms with Crippen molar-refractivity contribution in [3.05, 3.63) is 64.8 Å². The second-order valence-corrected chi connectivity index (χ2v) is 5.23. The Morgan fingerprint density at radius 1 is 1.10 bits per heavy atom. The number of pyridine rings is 1. The number of aliphatic imine (C=N–C) groups is 1. The zero-order valence-electron chi connectivity index (χ0n) is 10.5. The van der Waals surface area contributed by atoms with Crippen LogP contribution in [0.2, 0.25) is 0 Å². The van der Waals surface area contributed by atoms with E-state index in [1.165, 1.54) is 0 Å². The maximum atomic E-state index is 9.85. The molecule has 1 aromatic heterocycles. The number of para-hydroxylation sites is 1. The van der Waals surface area contributed by atoms with Crippen molar-refractivity contribution in [1.82, 2.24) is 4.98 Å². The van der Waals surface area contributed by atoms with E-state index < -0.39 is 0 Å². The van der Waals surface area contributed by atoms with Gasteiger partial charge in [-0.05, 0) is 30.3 Å². The monoisotopic (exact) mass is 326 g/mol. The van der Waals surface area contributed by atoms with E-state index in [0.717, 1.165) is 21.1 Å². The lowest BCUT2D eigenvalue weighted by Crippen LogP contribution is -1.83. The number of benzene rings is 2. The number of nitrogens with zero attached hydrogens (tertiary/aromatic N) is 2. The summed E-state index contributed by atoms with van der Waals surface area (Å²) in [6.45, 7) is 0. The van der Waals surface area contributed by atoms with E-state index in [4.69, 9.17) is 0 Å². The fourth-order valence-corrected chi connectivity index (χ4v) is 2.31. The Morgan fingerprint density at radius 3 is 2.80 bits per heavy atom. The van der Waals surface area contributed by atoms with Crippen LogP contribution in [0.1, 0.15) is 5.56 Å². The van der Waals surface area contributed by atoms with Gasteiger partial charge in [0, 0.05) is 27.8 Å². The summed E-state index contributed by atoms with van der Waals surface area (Å²) >= 11 is 3.31. The second kappa shape index (κ2) is 5.43. The Labute approximate surface area is 124 Å². The molecule has 1 N–H and O–H groups in total. The first-order chi connectivity index (χ1) is 9.74. The van der Waals surface area contributed by atoms with Crippen LogP contribution < -0.4 is 0 Å². The SMILES string of the molecule is Oc1cc(Br)ccc1C=Nc1cccc2cccnc12. The molecule has 3 nitrogen and oxygen atoms in total. The zero-order chi connectivity index (χ0) is 13.9. The van der Waals surface area contributed by atoms with Gasteiger partial charge in [-0.2, -0.15) is 0 Å². The normalized spacial score (nSPS) is 11.2. The predicted molar refractivity (Wildman–Crippen MR) is 84.8 cm³/mol. The minimum atomic E-state index is 0.191. The summed E-state index contributed by atoms with van der Waals surface area (Å²) in [7, 11) is 0. The Morgan fingerprint density at radius 2 is 1.95 bits per heavy atom. The van der Waals surface area contributed by atoms with Crippen molar-refractivity contribution in [2.24, 2.45) is 4.99 Å². The number of halogens is 1. The molecule has 0 atom stereocenters. The predicted octanol–water partition coefficient (Wildman–Crippen LogP) is 4.45. The molecule has 0 bridgehead atoms. The van der Waals surface area contributed by atoms with Gasteiger partial charge in [-0.3, -0.25) is 9.98 Å². The fourth-order valence-electron chi connectivity index (χ4n) is 1.96. The highest BCUT2D eigenvalue weighted by molar-refractivity contribution is 9.10. The van der Waals surface area contributed by atoms with E-state index in [-0.39, 0.29) is 5.75 Å². The van der Waals surface area contributed by atoms with Crippen LogP contribution in [-0.4, -0.2) is 16.3 Å². The fraction of sp³-hybridized carbons (Fsp3) is 0. The molecule has 0 fully saturated rings. The first kappa shape index (κ1) is 12.8. The van der Waals surface area contributed by atoms with Crippen molar-refractivity contribution in [2.75, 3.05) is 0 Å². The van der Waals surface area contributed by atoms with E-state index >= 15 is 0 Å². The lowest BCUT2D eigenvalue weighted by molar-refractivity contribution is 0.474. The molecule has 0 radical (unpaired) electrons. The number of phenolic OH excluding ortho intramolecular Hbond substituents is 1. The Bertz CT molecular complexity index is 794. The molecule has 4 heteroatoms. The van der Waals surface area contributed by atoms with E-state index in [1.54, 1.807) is 18.5 Å². The maximum Gasteiger partial charge on any atom is 0.125 e. The van der Waals surface area contributed by atoms with Gasteiger partial charge in [0.1, 0.15) is 5.75 Å². The third-order valence-electron chi connectivity index (χ3n) is 2.95. The minimum Gasteiger partial charge on any atom is -0.507 e. The van der Waals surface area contributed by atoms with Crippen LogP contribution in [0, 0.1) is 0 Å². The van der Waals surface area contributed by atoms with Gasteiger partial charge in [0.25, 0.3) is 0 Å². The molecule has 0 saturated heterocycles. The summed E-state index contributed by atoms with van der Waals surface area (Å²) in [6.07, 6.45) is 3.39. The molecule has 3 rings (SSSR count). The third kappa shape index (κ3) is 2.56. The van der Waals surface area contributed by atoms with Gasteiger partial charge in [0.05, 0.1) is 11.2 Å². The quantitative estimate of drug-likeness (QED) is 0.707. The highest BCUT2D eigenvalue weighted by Gasteiger charge is 2.01. The number of aromatic nitrogens is 1. The minimum absolute atomic E-state index is 0.191. The lowest BCUT2D eigenvalue weighted by Gasteiger charge is -2.01. The highest BCUT2D eigenvalue weighted by atomic mass is 79.9. The molecule has 2 aromatic carbocycles. The standard InChI is InChI=1S/C16H11BrN2O/c17-13-7-6-12(15(20)9-13)10-19-14-5-1-3-11-4-2-8-18-16(11)14/h1-10,20H. The molecule has 0 aliphatic rings. The number of fused-ring (bicyclic) bond motifs is 1. The summed E-state index contributed by atoms with van der Waals surface area (Å²) in [5, 5.41) is 10.9. The molecule has 0 saturated carbocycles. The Balaban J connectivity index is 2.02. The number of hydrogen-bond donors (Lipinski definition) is 1. The molecule has 20 heavy (non-hydrogen) atoms. The summed E-state index contributed by atoms with van der Waals surface area (Å²) in [5.74, 6) is 0.191. The van der Waals surface area contributed by atoms with Crippen LogP contribution in [0.3, 0.4) is 0 Å². The van der Waals surface area contributed by atoms with Crippen molar-refractivity contribution in [1.29, 1.82) is 0 Å². The average Bonchev–Trinajstić information content (AvgIpc) is 2.46. The molecule has 0 amide bonds. The highest BCUT2D eigenvalue weighted by Crippen LogP contribution is 2.25. The van der Waals surface area contributed by atoms with Crippen molar-refractivity contribution in [2.45, 2.75) is 0 Å². The van der Waals surface area contributed by atoms with Crippen LogP contribution in [0.4, 0.5) is 5.69 Å². The van der Waals surface area contributed by atoms with E-state index in [0.29, 0.717) is 5.56 Å². The van der Waals surface area contributed by atoms with E-state index in [2.05, 4.69) is 25.9 Å². The van der Waals surface area contributed by atoms with Crippen LogP contribution in [0.5, 0.6) is 5.75 Å². The number of aromatic hydroxyl groups is 1. The molecule has 0 unspecified atom stereocenters. The number of hydrogen-bond acceptors (Lipinski definition) is 3. The summed E-state index contributed by atoms with van der Waals surface area (Å²) in [6, 6.07) is 15.1. The lowest BCUT2D eigenvalue weighted by atomic mass is 10.2. The zero-order valence-corrected chi connectivity index (χ0v) is 12.1. The van der Waals surface area contributed by atoms with Gasteiger partial charge in [0.2, 0.25) is 0 Å². The van der Waals surface area contributed by atoms with Gasteiger partial charge in [-0.15, -0.1) is 0 Å². The van der Waals surface area contributed by atoms with E-state index in [1.807, 2.05) is 42.5 Å². The molecular formula is C16H11BrN2O. The molecule has 0 spiro atoms. The Hall–Kier alpha value is -2.20. The largest absolute Gasteiger partial charge is 0.507 e. The molecule has 98 valence electrons. The average molecular weight is 327 g/mol. The van der Waals surface area contributed by atoms with Gasteiger partial charge in [-0.25, -0.2) is 0 Å².